The second-order valence-electron chi connectivity index (χ2n) is 2.93. The maximum atomic E-state index is 11.7. The van der Waals surface area contributed by atoms with Crippen LogP contribution in [0.4, 0.5) is 18.9 Å². The summed E-state index contributed by atoms with van der Waals surface area (Å²) in [7, 11) is 0. The molecule has 1 rings (SSSR count). The lowest BCUT2D eigenvalue weighted by atomic mass is 10.4. The van der Waals surface area contributed by atoms with Crippen molar-refractivity contribution in [3.63, 3.8) is 0 Å². The lowest BCUT2D eigenvalue weighted by Crippen LogP contribution is -2.17. The van der Waals surface area contributed by atoms with Gasteiger partial charge in [-0.3, -0.25) is 4.98 Å². The molecule has 0 aromatic carbocycles. The Morgan fingerprint density at radius 2 is 2.19 bits per heavy atom. The molecule has 0 fully saturated rings. The number of nitrogen functional groups attached to an aromatic ring is 1. The number of nitrogens with two attached hydrogens (primary N) is 1. The lowest BCUT2D eigenvalue weighted by molar-refractivity contribution is -0.172. The Morgan fingerprint density at radius 1 is 1.44 bits per heavy atom. The number of alkyl halides is 3. The van der Waals surface area contributed by atoms with E-state index in [4.69, 9.17) is 5.73 Å². The van der Waals surface area contributed by atoms with Crippen molar-refractivity contribution in [3.8, 4) is 0 Å². The highest BCUT2D eigenvalue weighted by Crippen LogP contribution is 2.23. The fraction of sp³-hybridized carbons (Fsp3) is 0.444. The number of halogens is 3. The highest BCUT2D eigenvalue weighted by atomic mass is 32.2. The molecule has 0 aliphatic heterocycles. The largest absolute Gasteiger partial charge is 0.411 e. The number of rotatable bonds is 5. The molecule has 16 heavy (non-hydrogen) atoms. The molecule has 0 unspecified atom stereocenters. The van der Waals surface area contributed by atoms with Gasteiger partial charge in [-0.15, -0.1) is 11.8 Å². The van der Waals surface area contributed by atoms with Gasteiger partial charge in [-0.2, -0.15) is 13.2 Å². The van der Waals surface area contributed by atoms with Gasteiger partial charge < -0.3 is 10.5 Å². The minimum absolute atomic E-state index is 0.0337. The van der Waals surface area contributed by atoms with Crippen molar-refractivity contribution in [1.29, 1.82) is 0 Å². The average Bonchev–Trinajstić information content (AvgIpc) is 2.18. The van der Waals surface area contributed by atoms with Crippen molar-refractivity contribution in [1.82, 2.24) is 4.98 Å². The molecule has 0 saturated heterocycles. The lowest BCUT2D eigenvalue weighted by Gasteiger charge is -2.07. The first-order valence-electron chi connectivity index (χ1n) is 4.46. The van der Waals surface area contributed by atoms with Gasteiger partial charge in [-0.1, -0.05) is 0 Å². The maximum Gasteiger partial charge on any atom is 0.411 e. The van der Waals surface area contributed by atoms with Gasteiger partial charge in [0, 0.05) is 16.8 Å². The highest BCUT2D eigenvalue weighted by molar-refractivity contribution is 7.99. The van der Waals surface area contributed by atoms with Crippen LogP contribution in [0.3, 0.4) is 0 Å². The summed E-state index contributed by atoms with van der Waals surface area (Å²) < 4.78 is 39.6. The minimum Gasteiger partial charge on any atom is -0.397 e. The predicted molar refractivity (Wildman–Crippen MR) is 56.2 cm³/mol. The third-order valence-corrected chi connectivity index (χ3v) is 2.61. The molecule has 7 heteroatoms. The van der Waals surface area contributed by atoms with Crippen LogP contribution in [0.1, 0.15) is 0 Å². The molecule has 1 heterocycles. The summed E-state index contributed by atoms with van der Waals surface area (Å²) in [6.07, 6.45) is -1.19. The predicted octanol–water partition coefficient (Wildman–Crippen LogP) is 2.33. The number of hydrogen-bond donors (Lipinski definition) is 1. The Morgan fingerprint density at radius 3 is 2.81 bits per heavy atom. The van der Waals surface area contributed by atoms with Crippen LogP contribution in [0.15, 0.2) is 23.4 Å². The summed E-state index contributed by atoms with van der Waals surface area (Å²) >= 11 is 1.34. The number of ether oxygens (including phenoxy) is 1. The van der Waals surface area contributed by atoms with Gasteiger partial charge in [0.1, 0.15) is 6.61 Å². The van der Waals surface area contributed by atoms with Gasteiger partial charge in [-0.25, -0.2) is 0 Å². The van der Waals surface area contributed by atoms with Crippen LogP contribution in [0.2, 0.25) is 0 Å². The normalized spacial score (nSPS) is 11.7. The molecule has 1 aromatic heterocycles. The SMILES string of the molecule is Nc1cnccc1SCCOCC(F)(F)F. The van der Waals surface area contributed by atoms with E-state index in [-0.39, 0.29) is 6.61 Å². The van der Waals surface area contributed by atoms with Gasteiger partial charge in [-0.05, 0) is 6.07 Å². The molecule has 0 saturated carbocycles. The molecule has 0 radical (unpaired) electrons. The zero-order valence-corrected chi connectivity index (χ0v) is 9.14. The quantitative estimate of drug-likeness (QED) is 0.645. The first kappa shape index (κ1) is 13.1. The van der Waals surface area contributed by atoms with Crippen molar-refractivity contribution < 1.29 is 17.9 Å². The third kappa shape index (κ3) is 5.22. The van der Waals surface area contributed by atoms with Gasteiger partial charge in [0.2, 0.25) is 0 Å². The van der Waals surface area contributed by atoms with Crippen molar-refractivity contribution in [3.05, 3.63) is 18.5 Å². The number of hydrogen-bond acceptors (Lipinski definition) is 4. The zero-order valence-electron chi connectivity index (χ0n) is 8.33. The van der Waals surface area contributed by atoms with Crippen LogP contribution in [-0.2, 0) is 4.74 Å². The van der Waals surface area contributed by atoms with Crippen LogP contribution in [0.5, 0.6) is 0 Å². The number of pyridine rings is 1. The van der Waals surface area contributed by atoms with Crippen LogP contribution < -0.4 is 5.73 Å². The van der Waals surface area contributed by atoms with E-state index in [0.29, 0.717) is 11.4 Å². The van der Waals surface area contributed by atoms with E-state index in [1.165, 1.54) is 18.0 Å². The Bertz CT molecular complexity index is 333. The molecule has 0 bridgehead atoms. The molecule has 1 aromatic rings. The summed E-state index contributed by atoms with van der Waals surface area (Å²) in [6.45, 7) is -1.18. The summed E-state index contributed by atoms with van der Waals surface area (Å²) in [6, 6.07) is 1.71. The second kappa shape index (κ2) is 5.95. The number of anilines is 1. The molecule has 0 aliphatic carbocycles. The smallest absolute Gasteiger partial charge is 0.397 e. The second-order valence-corrected chi connectivity index (χ2v) is 4.07. The third-order valence-electron chi connectivity index (χ3n) is 1.56. The Balaban J connectivity index is 2.19. The van der Waals surface area contributed by atoms with Crippen molar-refractivity contribution in [2.45, 2.75) is 11.1 Å². The van der Waals surface area contributed by atoms with Crippen molar-refractivity contribution >= 4 is 17.4 Å². The van der Waals surface area contributed by atoms with E-state index in [9.17, 15) is 13.2 Å². The van der Waals surface area contributed by atoms with Gasteiger partial charge in [0.15, 0.2) is 0 Å². The highest BCUT2D eigenvalue weighted by Gasteiger charge is 2.27. The van der Waals surface area contributed by atoms with E-state index in [1.807, 2.05) is 0 Å². The standard InChI is InChI=1S/C9H11F3N2OS/c10-9(11,12)6-15-3-4-16-8-1-2-14-5-7(8)13/h1-2,5H,3-4,6,13H2. The molecule has 0 amide bonds. The van der Waals surface area contributed by atoms with Crippen LogP contribution in [0.25, 0.3) is 0 Å². The number of thioether (sulfide) groups is 1. The average molecular weight is 252 g/mol. The van der Waals surface area contributed by atoms with Crippen LogP contribution in [-0.4, -0.2) is 30.1 Å². The molecule has 0 atom stereocenters. The topological polar surface area (TPSA) is 48.1 Å². The molecule has 2 N–H and O–H groups in total. The molecular weight excluding hydrogens is 241 g/mol. The maximum absolute atomic E-state index is 11.7. The summed E-state index contributed by atoms with van der Waals surface area (Å²) in [5, 5.41) is 0. The number of aromatic nitrogens is 1. The van der Waals surface area contributed by atoms with E-state index in [1.54, 1.807) is 12.3 Å². The fourth-order valence-corrected chi connectivity index (χ4v) is 1.72. The Hall–Kier alpha value is -0.950. The molecule has 0 aliphatic rings. The zero-order chi connectivity index (χ0) is 12.0. The van der Waals surface area contributed by atoms with Crippen molar-refractivity contribution in [2.75, 3.05) is 24.7 Å². The van der Waals surface area contributed by atoms with E-state index in [0.717, 1.165) is 4.90 Å². The van der Waals surface area contributed by atoms with E-state index >= 15 is 0 Å². The van der Waals surface area contributed by atoms with Crippen LogP contribution in [0, 0.1) is 0 Å². The summed E-state index contributed by atoms with van der Waals surface area (Å²) in [4.78, 5) is 4.60. The minimum atomic E-state index is -4.26. The molecule has 0 spiro atoms. The van der Waals surface area contributed by atoms with E-state index < -0.39 is 12.8 Å². The summed E-state index contributed by atoms with van der Waals surface area (Å²) in [5.74, 6) is 0.421. The number of nitrogens with zero attached hydrogens (tertiary/aromatic N) is 1. The molecular formula is C9H11F3N2OS. The Labute approximate surface area is 95.2 Å². The Kier molecular flexibility index (Phi) is 4.88. The monoisotopic (exact) mass is 252 g/mol. The first-order valence-corrected chi connectivity index (χ1v) is 5.44. The fourth-order valence-electron chi connectivity index (χ4n) is 0.924. The van der Waals surface area contributed by atoms with E-state index in [2.05, 4.69) is 9.72 Å². The molecule has 3 nitrogen and oxygen atoms in total. The van der Waals surface area contributed by atoms with Gasteiger partial charge in [0.05, 0.1) is 18.5 Å². The van der Waals surface area contributed by atoms with Gasteiger partial charge in [0.25, 0.3) is 0 Å². The van der Waals surface area contributed by atoms with Crippen molar-refractivity contribution in [2.24, 2.45) is 0 Å². The van der Waals surface area contributed by atoms with Crippen LogP contribution >= 0.6 is 11.8 Å². The molecule has 90 valence electrons. The summed E-state index contributed by atoms with van der Waals surface area (Å²) in [5.41, 5.74) is 6.12. The van der Waals surface area contributed by atoms with Gasteiger partial charge >= 0.3 is 6.18 Å². The first-order chi connectivity index (χ1) is 7.49.